The number of nitriles is 1. The first-order chi connectivity index (χ1) is 7.31. The smallest absolute Gasteiger partial charge is 0.108 e. The Balaban J connectivity index is 2.43. The zero-order valence-electron chi connectivity index (χ0n) is 10.00. The summed E-state index contributed by atoms with van der Waals surface area (Å²) in [6.07, 6.45) is 6.74. The Morgan fingerprint density at radius 3 is 2.53 bits per heavy atom. The van der Waals surface area contributed by atoms with Crippen LogP contribution in [0.1, 0.15) is 39.0 Å². The van der Waals surface area contributed by atoms with Crippen LogP contribution in [0.3, 0.4) is 0 Å². The van der Waals surface area contributed by atoms with Crippen LogP contribution in [0.25, 0.3) is 0 Å². The Hall–Kier alpha value is -0.590. The molecule has 0 spiro atoms. The molecule has 1 saturated carbocycles. The van der Waals surface area contributed by atoms with Gasteiger partial charge in [0, 0.05) is 12.6 Å². The molecule has 86 valence electrons. The number of rotatable bonds is 5. The lowest BCUT2D eigenvalue weighted by Crippen LogP contribution is -2.44. The topological polar surface area (TPSA) is 39.1 Å². The molecule has 1 atom stereocenters. The van der Waals surface area contributed by atoms with Crippen LogP contribution < -0.4 is 5.32 Å². The lowest BCUT2D eigenvalue weighted by Gasteiger charge is -2.34. The summed E-state index contributed by atoms with van der Waals surface area (Å²) >= 11 is 0. The van der Waals surface area contributed by atoms with Gasteiger partial charge in [-0.15, -0.1) is 0 Å². The molecule has 0 amide bonds. The van der Waals surface area contributed by atoms with Gasteiger partial charge in [-0.2, -0.15) is 5.26 Å². The van der Waals surface area contributed by atoms with Crippen molar-refractivity contribution in [3.63, 3.8) is 0 Å². The zero-order valence-corrected chi connectivity index (χ0v) is 10.00. The highest BCUT2D eigenvalue weighted by Gasteiger charge is 2.21. The van der Waals surface area contributed by atoms with Crippen LogP contribution in [-0.2, 0) is 0 Å². The fourth-order valence-electron chi connectivity index (χ4n) is 2.41. The van der Waals surface area contributed by atoms with Crippen molar-refractivity contribution in [3.8, 4) is 6.07 Å². The van der Waals surface area contributed by atoms with Gasteiger partial charge in [0.25, 0.3) is 0 Å². The lowest BCUT2D eigenvalue weighted by molar-refractivity contribution is 0.157. The van der Waals surface area contributed by atoms with Crippen molar-refractivity contribution in [2.75, 3.05) is 20.1 Å². The van der Waals surface area contributed by atoms with E-state index >= 15 is 0 Å². The molecule has 0 aliphatic heterocycles. The first-order valence-electron chi connectivity index (χ1n) is 6.12. The van der Waals surface area contributed by atoms with E-state index in [-0.39, 0.29) is 6.04 Å². The van der Waals surface area contributed by atoms with E-state index in [1.807, 2.05) is 7.05 Å². The van der Waals surface area contributed by atoms with E-state index in [2.05, 4.69) is 23.2 Å². The van der Waals surface area contributed by atoms with Gasteiger partial charge >= 0.3 is 0 Å². The van der Waals surface area contributed by atoms with E-state index in [0.717, 1.165) is 13.1 Å². The molecule has 1 unspecified atom stereocenters. The van der Waals surface area contributed by atoms with Gasteiger partial charge in [-0.3, -0.25) is 4.90 Å². The summed E-state index contributed by atoms with van der Waals surface area (Å²) in [6, 6.07) is 3.00. The molecule has 0 bridgehead atoms. The van der Waals surface area contributed by atoms with Crippen LogP contribution in [0.5, 0.6) is 0 Å². The Kier molecular flexibility index (Phi) is 5.67. The third-order valence-corrected chi connectivity index (χ3v) is 3.42. The van der Waals surface area contributed by atoms with Crippen LogP contribution in [0.2, 0.25) is 0 Å². The molecule has 1 fully saturated rings. The molecule has 1 N–H and O–H groups in total. The second-order valence-electron chi connectivity index (χ2n) is 4.35. The van der Waals surface area contributed by atoms with Gasteiger partial charge in [0.05, 0.1) is 6.07 Å². The van der Waals surface area contributed by atoms with Gasteiger partial charge in [0.1, 0.15) is 6.04 Å². The average molecular weight is 209 g/mol. The second kappa shape index (κ2) is 6.81. The quantitative estimate of drug-likeness (QED) is 0.750. The van der Waals surface area contributed by atoms with Crippen molar-refractivity contribution in [2.45, 2.75) is 51.1 Å². The van der Waals surface area contributed by atoms with Crippen molar-refractivity contribution in [2.24, 2.45) is 0 Å². The monoisotopic (exact) mass is 209 g/mol. The summed E-state index contributed by atoms with van der Waals surface area (Å²) in [5.74, 6) is 0. The van der Waals surface area contributed by atoms with Crippen molar-refractivity contribution >= 4 is 0 Å². The predicted molar refractivity (Wildman–Crippen MR) is 62.6 cm³/mol. The number of likely N-dealkylation sites (N-methyl/N-ethyl adjacent to an activating group) is 2. The van der Waals surface area contributed by atoms with Crippen LogP contribution in [0, 0.1) is 11.3 Å². The van der Waals surface area contributed by atoms with Crippen LogP contribution in [0.4, 0.5) is 0 Å². The number of hydrogen-bond acceptors (Lipinski definition) is 3. The van der Waals surface area contributed by atoms with Gasteiger partial charge in [-0.25, -0.2) is 0 Å². The predicted octanol–water partition coefficient (Wildman–Crippen LogP) is 1.75. The van der Waals surface area contributed by atoms with E-state index in [0.29, 0.717) is 6.04 Å². The van der Waals surface area contributed by atoms with E-state index in [9.17, 15) is 0 Å². The van der Waals surface area contributed by atoms with E-state index in [1.165, 1.54) is 32.1 Å². The minimum atomic E-state index is -0.0214. The fraction of sp³-hybridized carbons (Fsp3) is 0.917. The molecular weight excluding hydrogens is 186 g/mol. The molecule has 3 heteroatoms. The van der Waals surface area contributed by atoms with E-state index in [1.54, 1.807) is 0 Å². The number of hydrogen-bond donors (Lipinski definition) is 1. The van der Waals surface area contributed by atoms with Gasteiger partial charge < -0.3 is 5.32 Å². The molecule has 0 aromatic carbocycles. The Morgan fingerprint density at radius 1 is 1.40 bits per heavy atom. The molecular formula is C12H23N3. The van der Waals surface area contributed by atoms with Crippen LogP contribution in [0.15, 0.2) is 0 Å². The normalized spacial score (nSPS) is 20.1. The van der Waals surface area contributed by atoms with Gasteiger partial charge in [0.15, 0.2) is 0 Å². The number of nitrogens with one attached hydrogen (secondary N) is 1. The lowest BCUT2D eigenvalue weighted by atomic mass is 9.94. The summed E-state index contributed by atoms with van der Waals surface area (Å²) in [6.45, 7) is 4.12. The van der Waals surface area contributed by atoms with E-state index in [4.69, 9.17) is 5.26 Å². The third kappa shape index (κ3) is 3.81. The molecule has 0 radical (unpaired) electrons. The maximum atomic E-state index is 8.93. The molecule has 0 heterocycles. The second-order valence-corrected chi connectivity index (χ2v) is 4.35. The standard InChI is InChI=1S/C12H23N3/c1-3-15(10-11(9-13)14-2)12-7-5-4-6-8-12/h11-12,14H,3-8,10H2,1-2H3. The molecule has 0 aromatic rings. The summed E-state index contributed by atoms with van der Waals surface area (Å²) < 4.78 is 0. The van der Waals surface area contributed by atoms with Crippen molar-refractivity contribution in [1.82, 2.24) is 10.2 Å². The van der Waals surface area contributed by atoms with Gasteiger partial charge in [-0.1, -0.05) is 26.2 Å². The average Bonchev–Trinajstić information content (AvgIpc) is 2.32. The first-order valence-corrected chi connectivity index (χ1v) is 6.12. The first kappa shape index (κ1) is 12.5. The largest absolute Gasteiger partial charge is 0.304 e. The van der Waals surface area contributed by atoms with Gasteiger partial charge in [-0.05, 0) is 26.4 Å². The van der Waals surface area contributed by atoms with Crippen molar-refractivity contribution < 1.29 is 0 Å². The van der Waals surface area contributed by atoms with Crippen molar-refractivity contribution in [1.29, 1.82) is 5.26 Å². The summed E-state index contributed by atoms with van der Waals surface area (Å²) in [7, 11) is 1.86. The Morgan fingerprint density at radius 2 is 2.07 bits per heavy atom. The summed E-state index contributed by atoms with van der Waals surface area (Å²) in [4.78, 5) is 2.46. The maximum absolute atomic E-state index is 8.93. The van der Waals surface area contributed by atoms with Gasteiger partial charge in [0.2, 0.25) is 0 Å². The highest BCUT2D eigenvalue weighted by atomic mass is 15.2. The highest BCUT2D eigenvalue weighted by molar-refractivity contribution is 4.92. The molecule has 1 aliphatic carbocycles. The molecule has 1 rings (SSSR count). The SMILES string of the molecule is CCN(CC(C#N)NC)C1CCCCC1. The summed E-state index contributed by atoms with van der Waals surface area (Å²) in [5, 5.41) is 12.0. The minimum Gasteiger partial charge on any atom is -0.304 e. The van der Waals surface area contributed by atoms with E-state index < -0.39 is 0 Å². The molecule has 3 nitrogen and oxygen atoms in total. The summed E-state index contributed by atoms with van der Waals surface area (Å²) in [5.41, 5.74) is 0. The molecule has 0 saturated heterocycles. The zero-order chi connectivity index (χ0) is 11.1. The Labute approximate surface area is 93.5 Å². The highest BCUT2D eigenvalue weighted by Crippen LogP contribution is 2.22. The number of nitrogens with zero attached hydrogens (tertiary/aromatic N) is 2. The molecule has 15 heavy (non-hydrogen) atoms. The fourth-order valence-corrected chi connectivity index (χ4v) is 2.41. The molecule has 0 aromatic heterocycles. The van der Waals surface area contributed by atoms with Crippen LogP contribution in [-0.4, -0.2) is 37.1 Å². The van der Waals surface area contributed by atoms with Crippen molar-refractivity contribution in [3.05, 3.63) is 0 Å². The van der Waals surface area contributed by atoms with Crippen LogP contribution >= 0.6 is 0 Å². The Bertz CT molecular complexity index is 203. The third-order valence-electron chi connectivity index (χ3n) is 3.42. The molecule has 1 aliphatic rings. The minimum absolute atomic E-state index is 0.0214. The maximum Gasteiger partial charge on any atom is 0.108 e.